The van der Waals surface area contributed by atoms with E-state index in [2.05, 4.69) is 10.6 Å². The summed E-state index contributed by atoms with van der Waals surface area (Å²) in [4.78, 5) is 20.4. The first kappa shape index (κ1) is 9.94. The van der Waals surface area contributed by atoms with E-state index in [-0.39, 0.29) is 5.91 Å². The molecule has 0 aromatic carbocycles. The number of carbonyl (C=O) groups is 2. The molecule has 2 N–H and O–H groups in total. The highest BCUT2D eigenvalue weighted by Crippen LogP contribution is 1.92. The van der Waals surface area contributed by atoms with E-state index < -0.39 is 0 Å². The lowest BCUT2D eigenvalue weighted by atomic mass is 10.2. The molecule has 0 radical (unpaired) electrons. The van der Waals surface area contributed by atoms with Crippen LogP contribution in [0.5, 0.6) is 0 Å². The summed E-state index contributed by atoms with van der Waals surface area (Å²) in [5.74, 6) is 0.0519. The molecule has 0 aliphatic rings. The second kappa shape index (κ2) is 7.05. The summed E-state index contributed by atoms with van der Waals surface area (Å²) in [5, 5.41) is 5.05. The van der Waals surface area contributed by atoms with Crippen LogP contribution in [0.3, 0.4) is 0 Å². The molecule has 11 heavy (non-hydrogen) atoms. The van der Waals surface area contributed by atoms with E-state index in [1.807, 2.05) is 0 Å². The molecular weight excluding hydrogens is 144 g/mol. The third-order valence-electron chi connectivity index (χ3n) is 1.34. The largest absolute Gasteiger partial charge is 0.359 e. The average Bonchev–Trinajstić information content (AvgIpc) is 2.04. The molecule has 2 amide bonds. The summed E-state index contributed by atoms with van der Waals surface area (Å²) < 4.78 is 0. The molecule has 0 heterocycles. The number of nitrogens with one attached hydrogen (secondary N) is 2. The number of carbonyl (C=O) groups excluding carboxylic acids is 2. The van der Waals surface area contributed by atoms with Crippen molar-refractivity contribution in [2.45, 2.75) is 19.3 Å². The van der Waals surface area contributed by atoms with Crippen LogP contribution in [0.1, 0.15) is 19.3 Å². The van der Waals surface area contributed by atoms with Crippen LogP contribution in [-0.2, 0) is 9.59 Å². The summed E-state index contributed by atoms with van der Waals surface area (Å²) in [7, 11) is 1.62. The van der Waals surface area contributed by atoms with Gasteiger partial charge in [-0.2, -0.15) is 0 Å². The summed E-state index contributed by atoms with van der Waals surface area (Å²) in [6, 6.07) is 0. The van der Waals surface area contributed by atoms with Gasteiger partial charge >= 0.3 is 0 Å². The van der Waals surface area contributed by atoms with Gasteiger partial charge in [0.15, 0.2) is 0 Å². The zero-order valence-corrected chi connectivity index (χ0v) is 6.72. The van der Waals surface area contributed by atoms with Crippen molar-refractivity contribution in [3.05, 3.63) is 0 Å². The van der Waals surface area contributed by atoms with Crippen molar-refractivity contribution in [2.24, 2.45) is 0 Å². The van der Waals surface area contributed by atoms with Gasteiger partial charge in [0.1, 0.15) is 0 Å². The average molecular weight is 158 g/mol. The van der Waals surface area contributed by atoms with E-state index in [1.54, 1.807) is 7.05 Å². The number of rotatable bonds is 6. The molecule has 0 atom stereocenters. The first-order valence-corrected chi connectivity index (χ1v) is 3.69. The van der Waals surface area contributed by atoms with Gasteiger partial charge in [0.05, 0.1) is 0 Å². The summed E-state index contributed by atoms with van der Waals surface area (Å²) in [5.41, 5.74) is 0. The van der Waals surface area contributed by atoms with Crippen molar-refractivity contribution in [2.75, 3.05) is 13.6 Å². The minimum atomic E-state index is 0.0519. The Morgan fingerprint density at radius 3 is 2.73 bits per heavy atom. The number of amides is 2. The Balaban J connectivity index is 3.01. The Bertz CT molecular complexity index is 126. The minimum Gasteiger partial charge on any atom is -0.359 e. The van der Waals surface area contributed by atoms with Crippen LogP contribution in [0.25, 0.3) is 0 Å². The van der Waals surface area contributed by atoms with Gasteiger partial charge in [0.2, 0.25) is 12.3 Å². The first-order valence-electron chi connectivity index (χ1n) is 3.69. The molecule has 0 rings (SSSR count). The highest BCUT2D eigenvalue weighted by atomic mass is 16.1. The summed E-state index contributed by atoms with van der Waals surface area (Å²) in [6.07, 6.45) is 2.88. The van der Waals surface area contributed by atoms with Crippen LogP contribution >= 0.6 is 0 Å². The number of unbranched alkanes of at least 4 members (excludes halogenated alkanes) is 1. The van der Waals surface area contributed by atoms with Gasteiger partial charge in [-0.15, -0.1) is 0 Å². The number of hydrogen-bond acceptors (Lipinski definition) is 2. The van der Waals surface area contributed by atoms with E-state index in [9.17, 15) is 9.59 Å². The van der Waals surface area contributed by atoms with Gasteiger partial charge in [-0.05, 0) is 12.8 Å². The molecule has 0 bridgehead atoms. The molecule has 4 nitrogen and oxygen atoms in total. The number of hydrogen-bond donors (Lipinski definition) is 2. The maximum absolute atomic E-state index is 10.6. The Morgan fingerprint density at radius 1 is 1.45 bits per heavy atom. The quantitative estimate of drug-likeness (QED) is 0.410. The van der Waals surface area contributed by atoms with Crippen molar-refractivity contribution < 1.29 is 9.59 Å². The van der Waals surface area contributed by atoms with Crippen LogP contribution in [-0.4, -0.2) is 25.9 Å². The Kier molecular flexibility index (Phi) is 6.37. The van der Waals surface area contributed by atoms with Crippen LogP contribution in [0.4, 0.5) is 0 Å². The molecule has 0 spiro atoms. The normalized spacial score (nSPS) is 8.82. The second-order valence-corrected chi connectivity index (χ2v) is 2.20. The predicted molar refractivity (Wildman–Crippen MR) is 42.0 cm³/mol. The van der Waals surface area contributed by atoms with E-state index >= 15 is 0 Å². The standard InChI is InChI=1S/C7H14N2O2/c1-8-7(11)4-2-3-5-9-6-10/h6H,2-5H2,1H3,(H,8,11)(H,9,10). The zero-order chi connectivity index (χ0) is 8.53. The molecule has 64 valence electrons. The predicted octanol–water partition coefficient (Wildman–Crippen LogP) is -0.351. The van der Waals surface area contributed by atoms with Crippen molar-refractivity contribution >= 4 is 12.3 Å². The van der Waals surface area contributed by atoms with Gasteiger partial charge < -0.3 is 10.6 Å². The lowest BCUT2D eigenvalue weighted by Crippen LogP contribution is -2.18. The molecule has 0 saturated carbocycles. The molecule has 0 aliphatic heterocycles. The molecule has 0 aliphatic carbocycles. The van der Waals surface area contributed by atoms with Crippen molar-refractivity contribution in [1.82, 2.24) is 10.6 Å². The van der Waals surface area contributed by atoms with Crippen LogP contribution in [0.2, 0.25) is 0 Å². The Labute approximate surface area is 66.4 Å². The van der Waals surface area contributed by atoms with Gasteiger partial charge in [-0.25, -0.2) is 0 Å². The Morgan fingerprint density at radius 2 is 2.18 bits per heavy atom. The highest BCUT2D eigenvalue weighted by Gasteiger charge is 1.95. The van der Waals surface area contributed by atoms with Crippen LogP contribution in [0, 0.1) is 0 Å². The van der Waals surface area contributed by atoms with Crippen LogP contribution in [0.15, 0.2) is 0 Å². The van der Waals surface area contributed by atoms with E-state index in [1.165, 1.54) is 0 Å². The molecule has 0 fully saturated rings. The van der Waals surface area contributed by atoms with Gasteiger partial charge in [0, 0.05) is 20.0 Å². The lowest BCUT2D eigenvalue weighted by molar-refractivity contribution is -0.120. The topological polar surface area (TPSA) is 58.2 Å². The minimum absolute atomic E-state index is 0.0519. The molecule has 4 heteroatoms. The van der Waals surface area contributed by atoms with Gasteiger partial charge in [-0.3, -0.25) is 9.59 Å². The molecule has 0 saturated heterocycles. The van der Waals surface area contributed by atoms with Crippen molar-refractivity contribution in [1.29, 1.82) is 0 Å². The fourth-order valence-electron chi connectivity index (χ4n) is 0.697. The molecular formula is C7H14N2O2. The Hall–Kier alpha value is -1.06. The maximum atomic E-state index is 10.6. The van der Waals surface area contributed by atoms with Crippen LogP contribution < -0.4 is 10.6 Å². The first-order chi connectivity index (χ1) is 5.31. The van der Waals surface area contributed by atoms with E-state index in [0.29, 0.717) is 19.4 Å². The molecule has 0 aromatic heterocycles. The fraction of sp³-hybridized carbons (Fsp3) is 0.714. The van der Waals surface area contributed by atoms with E-state index in [0.717, 1.165) is 12.8 Å². The highest BCUT2D eigenvalue weighted by molar-refractivity contribution is 5.75. The molecule has 0 aromatic rings. The van der Waals surface area contributed by atoms with Gasteiger partial charge in [0.25, 0.3) is 0 Å². The fourth-order valence-corrected chi connectivity index (χ4v) is 0.697. The second-order valence-electron chi connectivity index (χ2n) is 2.20. The lowest BCUT2D eigenvalue weighted by Gasteiger charge is -1.98. The summed E-state index contributed by atoms with van der Waals surface area (Å²) in [6.45, 7) is 0.653. The third kappa shape index (κ3) is 6.83. The zero-order valence-electron chi connectivity index (χ0n) is 6.72. The van der Waals surface area contributed by atoms with E-state index in [4.69, 9.17) is 0 Å². The maximum Gasteiger partial charge on any atom is 0.219 e. The third-order valence-corrected chi connectivity index (χ3v) is 1.34. The SMILES string of the molecule is CNC(=O)CCCCNC=O. The smallest absolute Gasteiger partial charge is 0.219 e. The van der Waals surface area contributed by atoms with Crippen molar-refractivity contribution in [3.8, 4) is 0 Å². The monoisotopic (exact) mass is 158 g/mol. The molecule has 0 unspecified atom stereocenters. The summed E-state index contributed by atoms with van der Waals surface area (Å²) >= 11 is 0. The van der Waals surface area contributed by atoms with Gasteiger partial charge in [-0.1, -0.05) is 0 Å². The van der Waals surface area contributed by atoms with Crippen molar-refractivity contribution in [3.63, 3.8) is 0 Å².